The van der Waals surface area contributed by atoms with E-state index >= 15 is 0 Å². The first kappa shape index (κ1) is 14.8. The average molecular weight is 317 g/mol. The molecular weight excluding hydrogens is 288 g/mol. The molecular formula is C15H29BrN2. The number of hydrogen-bond donors (Lipinski definition) is 0. The molecule has 1 heterocycles. The SMILES string of the molecule is CN(C)CC1CCCN1CC1(CBr)CCCCC1. The van der Waals surface area contributed by atoms with Gasteiger partial charge in [-0.2, -0.15) is 0 Å². The highest BCUT2D eigenvalue weighted by Gasteiger charge is 2.36. The van der Waals surface area contributed by atoms with Crippen LogP contribution >= 0.6 is 15.9 Å². The summed E-state index contributed by atoms with van der Waals surface area (Å²) in [6.07, 6.45) is 10.0. The van der Waals surface area contributed by atoms with Gasteiger partial charge in [0.1, 0.15) is 0 Å². The van der Waals surface area contributed by atoms with Crippen LogP contribution in [0.2, 0.25) is 0 Å². The summed E-state index contributed by atoms with van der Waals surface area (Å²) in [5, 5.41) is 1.20. The van der Waals surface area contributed by atoms with Crippen LogP contribution in [0.1, 0.15) is 44.9 Å². The molecule has 0 radical (unpaired) electrons. The summed E-state index contributed by atoms with van der Waals surface area (Å²) in [7, 11) is 4.41. The molecule has 2 aliphatic rings. The van der Waals surface area contributed by atoms with Crippen molar-refractivity contribution in [2.24, 2.45) is 5.41 Å². The highest BCUT2D eigenvalue weighted by atomic mass is 79.9. The normalized spacial score (nSPS) is 29.0. The van der Waals surface area contributed by atoms with Gasteiger partial charge in [0.15, 0.2) is 0 Å². The van der Waals surface area contributed by atoms with Gasteiger partial charge in [0.2, 0.25) is 0 Å². The van der Waals surface area contributed by atoms with Gasteiger partial charge in [-0.05, 0) is 51.7 Å². The van der Waals surface area contributed by atoms with Crippen molar-refractivity contribution in [3.8, 4) is 0 Å². The van der Waals surface area contributed by atoms with E-state index < -0.39 is 0 Å². The van der Waals surface area contributed by atoms with Crippen molar-refractivity contribution < 1.29 is 0 Å². The molecule has 3 heteroatoms. The molecule has 1 saturated carbocycles. The van der Waals surface area contributed by atoms with E-state index in [9.17, 15) is 0 Å². The number of hydrogen-bond acceptors (Lipinski definition) is 2. The highest BCUT2D eigenvalue weighted by Crippen LogP contribution is 2.39. The molecule has 0 aromatic heterocycles. The number of nitrogens with zero attached hydrogens (tertiary/aromatic N) is 2. The molecule has 1 saturated heterocycles. The van der Waals surface area contributed by atoms with Gasteiger partial charge in [0.05, 0.1) is 0 Å². The standard InChI is InChI=1S/C15H29BrN2/c1-17(2)11-14-7-6-10-18(14)13-15(12-16)8-4-3-5-9-15/h14H,3-13H2,1-2H3. The first-order valence-corrected chi connectivity index (χ1v) is 8.72. The van der Waals surface area contributed by atoms with Crippen molar-refractivity contribution in [2.45, 2.75) is 51.0 Å². The van der Waals surface area contributed by atoms with Gasteiger partial charge in [-0.3, -0.25) is 4.90 Å². The van der Waals surface area contributed by atoms with Crippen molar-refractivity contribution >= 4 is 15.9 Å². The minimum absolute atomic E-state index is 0.577. The zero-order chi connectivity index (χ0) is 13.0. The summed E-state index contributed by atoms with van der Waals surface area (Å²) >= 11 is 3.81. The second-order valence-corrected chi connectivity index (χ2v) is 7.28. The zero-order valence-corrected chi connectivity index (χ0v) is 13.7. The largest absolute Gasteiger partial charge is 0.308 e. The van der Waals surface area contributed by atoms with E-state index in [1.54, 1.807) is 0 Å². The first-order valence-electron chi connectivity index (χ1n) is 7.60. The van der Waals surface area contributed by atoms with Crippen molar-refractivity contribution in [3.05, 3.63) is 0 Å². The lowest BCUT2D eigenvalue weighted by atomic mass is 9.75. The third-order valence-electron chi connectivity index (χ3n) is 4.81. The van der Waals surface area contributed by atoms with Crippen LogP contribution in [0.25, 0.3) is 0 Å². The Kier molecular flexibility index (Phi) is 5.52. The number of rotatable bonds is 5. The lowest BCUT2D eigenvalue weighted by Gasteiger charge is -2.41. The molecule has 1 unspecified atom stereocenters. The summed E-state index contributed by atoms with van der Waals surface area (Å²) in [6, 6.07) is 0.804. The minimum atomic E-state index is 0.577. The number of likely N-dealkylation sites (N-methyl/N-ethyl adjacent to an activating group) is 1. The molecule has 0 bridgehead atoms. The lowest BCUT2D eigenvalue weighted by Crippen LogP contribution is -2.45. The van der Waals surface area contributed by atoms with Crippen molar-refractivity contribution in [2.75, 3.05) is 39.1 Å². The molecule has 2 rings (SSSR count). The number of likely N-dealkylation sites (tertiary alicyclic amines) is 1. The molecule has 1 aliphatic heterocycles. The van der Waals surface area contributed by atoms with Crippen LogP contribution in [-0.4, -0.2) is 54.9 Å². The molecule has 0 aromatic carbocycles. The quantitative estimate of drug-likeness (QED) is 0.718. The van der Waals surface area contributed by atoms with E-state index in [1.165, 1.54) is 69.9 Å². The number of halogens is 1. The minimum Gasteiger partial charge on any atom is -0.308 e. The third kappa shape index (κ3) is 3.71. The monoisotopic (exact) mass is 316 g/mol. The Morgan fingerprint density at radius 2 is 1.89 bits per heavy atom. The summed E-state index contributed by atoms with van der Waals surface area (Å²) < 4.78 is 0. The van der Waals surface area contributed by atoms with E-state index in [1.807, 2.05) is 0 Å². The molecule has 0 spiro atoms. The molecule has 2 nitrogen and oxygen atoms in total. The highest BCUT2D eigenvalue weighted by molar-refractivity contribution is 9.09. The first-order chi connectivity index (χ1) is 8.65. The fourth-order valence-corrected chi connectivity index (χ4v) is 4.54. The van der Waals surface area contributed by atoms with Crippen LogP contribution in [0.3, 0.4) is 0 Å². The Morgan fingerprint density at radius 3 is 2.50 bits per heavy atom. The van der Waals surface area contributed by atoms with Crippen LogP contribution in [0, 0.1) is 5.41 Å². The number of alkyl halides is 1. The van der Waals surface area contributed by atoms with Gasteiger partial charge < -0.3 is 4.90 Å². The van der Waals surface area contributed by atoms with Gasteiger partial charge in [0, 0.05) is 24.5 Å². The summed E-state index contributed by atoms with van der Waals surface area (Å²) in [4.78, 5) is 5.14. The second-order valence-electron chi connectivity index (χ2n) is 6.72. The van der Waals surface area contributed by atoms with Crippen LogP contribution in [0.15, 0.2) is 0 Å². The fraction of sp³-hybridized carbons (Fsp3) is 1.00. The fourth-order valence-electron chi connectivity index (χ4n) is 3.80. The molecule has 1 aliphatic carbocycles. The van der Waals surface area contributed by atoms with Crippen LogP contribution in [-0.2, 0) is 0 Å². The van der Waals surface area contributed by atoms with Gasteiger partial charge in [-0.25, -0.2) is 0 Å². The summed E-state index contributed by atoms with van der Waals surface area (Å²) in [5.74, 6) is 0. The zero-order valence-electron chi connectivity index (χ0n) is 12.1. The summed E-state index contributed by atoms with van der Waals surface area (Å²) in [5.41, 5.74) is 0.577. The molecule has 0 aromatic rings. The van der Waals surface area contributed by atoms with E-state index in [0.717, 1.165) is 6.04 Å². The maximum absolute atomic E-state index is 3.81. The molecule has 0 N–H and O–H groups in total. The Morgan fingerprint density at radius 1 is 1.17 bits per heavy atom. The van der Waals surface area contributed by atoms with Gasteiger partial charge >= 0.3 is 0 Å². The van der Waals surface area contributed by atoms with Gasteiger partial charge in [-0.15, -0.1) is 0 Å². The Hall–Kier alpha value is 0.400. The van der Waals surface area contributed by atoms with Crippen molar-refractivity contribution in [1.29, 1.82) is 0 Å². The van der Waals surface area contributed by atoms with Crippen LogP contribution < -0.4 is 0 Å². The molecule has 18 heavy (non-hydrogen) atoms. The van der Waals surface area contributed by atoms with Crippen LogP contribution in [0.5, 0.6) is 0 Å². The maximum atomic E-state index is 3.81. The Bertz CT molecular complexity index is 249. The van der Waals surface area contributed by atoms with Gasteiger partial charge in [0.25, 0.3) is 0 Å². The maximum Gasteiger partial charge on any atom is 0.0223 e. The topological polar surface area (TPSA) is 6.48 Å². The predicted octanol–water partition coefficient (Wildman–Crippen LogP) is 3.36. The third-order valence-corrected chi connectivity index (χ3v) is 6.00. The lowest BCUT2D eigenvalue weighted by molar-refractivity contribution is 0.107. The van der Waals surface area contributed by atoms with Gasteiger partial charge in [-0.1, -0.05) is 35.2 Å². The summed E-state index contributed by atoms with van der Waals surface area (Å²) in [6.45, 7) is 3.89. The van der Waals surface area contributed by atoms with Crippen molar-refractivity contribution in [3.63, 3.8) is 0 Å². The molecule has 1 atom stereocenters. The van der Waals surface area contributed by atoms with E-state index in [4.69, 9.17) is 0 Å². The van der Waals surface area contributed by atoms with Crippen molar-refractivity contribution in [1.82, 2.24) is 9.80 Å². The second kappa shape index (κ2) is 6.71. The molecule has 106 valence electrons. The predicted molar refractivity (Wildman–Crippen MR) is 82.5 cm³/mol. The molecule has 0 amide bonds. The van der Waals surface area contributed by atoms with E-state index in [0.29, 0.717) is 5.41 Å². The Labute approximate surface area is 121 Å². The molecule has 2 fully saturated rings. The average Bonchev–Trinajstić information content (AvgIpc) is 2.77. The smallest absolute Gasteiger partial charge is 0.0223 e. The van der Waals surface area contributed by atoms with Crippen LogP contribution in [0.4, 0.5) is 0 Å². The Balaban J connectivity index is 1.93. The van der Waals surface area contributed by atoms with E-state index in [-0.39, 0.29) is 0 Å². The van der Waals surface area contributed by atoms with E-state index in [2.05, 4.69) is 39.8 Å².